The van der Waals surface area contributed by atoms with Crippen LogP contribution in [0.3, 0.4) is 0 Å². The van der Waals surface area contributed by atoms with Crippen LogP contribution in [0.2, 0.25) is 5.02 Å². The molecule has 17 heavy (non-hydrogen) atoms. The van der Waals surface area contributed by atoms with Gasteiger partial charge in [-0.25, -0.2) is 4.98 Å². The van der Waals surface area contributed by atoms with Crippen LogP contribution in [0.1, 0.15) is 5.56 Å². The monoisotopic (exact) mass is 247 g/mol. The molecule has 0 amide bonds. The molecular formula is C13H14ClN3. The molecule has 0 bridgehead atoms. The maximum atomic E-state index is 6.15. The minimum absolute atomic E-state index is 0.696. The first-order valence-corrected chi connectivity index (χ1v) is 5.75. The van der Waals surface area contributed by atoms with E-state index < -0.39 is 0 Å². The normalized spacial score (nSPS) is 10.1. The molecule has 88 valence electrons. The quantitative estimate of drug-likeness (QED) is 0.866. The van der Waals surface area contributed by atoms with Gasteiger partial charge in [0.2, 0.25) is 0 Å². The molecule has 0 unspecified atom stereocenters. The van der Waals surface area contributed by atoms with Crippen molar-refractivity contribution in [3.63, 3.8) is 0 Å². The molecule has 0 fully saturated rings. The Morgan fingerprint density at radius 2 is 1.76 bits per heavy atom. The Bertz CT molecular complexity index is 506. The molecule has 1 aromatic carbocycles. The highest BCUT2D eigenvalue weighted by molar-refractivity contribution is 6.33. The predicted molar refractivity (Wildman–Crippen MR) is 73.3 cm³/mol. The van der Waals surface area contributed by atoms with Crippen molar-refractivity contribution in [2.45, 2.75) is 6.92 Å². The lowest BCUT2D eigenvalue weighted by molar-refractivity contribution is 1.27. The summed E-state index contributed by atoms with van der Waals surface area (Å²) in [7, 11) is 1.84. The Labute approximate surface area is 106 Å². The van der Waals surface area contributed by atoms with Crippen LogP contribution in [0, 0.1) is 6.92 Å². The number of aryl methyl sites for hydroxylation is 1. The Hall–Kier alpha value is -1.74. The number of halogens is 1. The van der Waals surface area contributed by atoms with Crippen molar-refractivity contribution < 1.29 is 0 Å². The number of benzene rings is 1. The van der Waals surface area contributed by atoms with E-state index in [-0.39, 0.29) is 0 Å². The number of aromatic nitrogens is 1. The van der Waals surface area contributed by atoms with Crippen LogP contribution in [0.15, 0.2) is 36.4 Å². The summed E-state index contributed by atoms with van der Waals surface area (Å²) in [6.45, 7) is 2.01. The van der Waals surface area contributed by atoms with Crippen LogP contribution in [0.25, 0.3) is 0 Å². The molecule has 2 aromatic rings. The van der Waals surface area contributed by atoms with Crippen LogP contribution >= 0.6 is 11.6 Å². The highest BCUT2D eigenvalue weighted by Gasteiger charge is 2.04. The van der Waals surface area contributed by atoms with Gasteiger partial charge in [0, 0.05) is 7.05 Å². The maximum absolute atomic E-state index is 6.15. The topological polar surface area (TPSA) is 37.0 Å². The number of anilines is 3. The second-order valence-electron chi connectivity index (χ2n) is 3.71. The molecule has 0 atom stereocenters. The maximum Gasteiger partial charge on any atom is 0.132 e. The molecule has 0 aliphatic carbocycles. The summed E-state index contributed by atoms with van der Waals surface area (Å²) >= 11 is 6.15. The molecule has 0 aliphatic rings. The van der Waals surface area contributed by atoms with Crippen LogP contribution in [-0.4, -0.2) is 12.0 Å². The largest absolute Gasteiger partial charge is 0.373 e. The van der Waals surface area contributed by atoms with Gasteiger partial charge in [0.1, 0.15) is 11.6 Å². The SMILES string of the molecule is CNc1cccc(Nc2c(C)cccc2Cl)n1. The fraction of sp³-hybridized carbons (Fsp3) is 0.154. The molecule has 0 spiro atoms. The molecule has 0 radical (unpaired) electrons. The van der Waals surface area contributed by atoms with Crippen LogP contribution in [0.5, 0.6) is 0 Å². The molecule has 1 heterocycles. The zero-order valence-corrected chi connectivity index (χ0v) is 10.5. The molecular weight excluding hydrogens is 234 g/mol. The molecule has 0 aliphatic heterocycles. The van der Waals surface area contributed by atoms with E-state index in [2.05, 4.69) is 15.6 Å². The summed E-state index contributed by atoms with van der Waals surface area (Å²) in [6.07, 6.45) is 0. The third-order valence-corrected chi connectivity index (χ3v) is 2.80. The number of hydrogen-bond acceptors (Lipinski definition) is 3. The summed E-state index contributed by atoms with van der Waals surface area (Å²) in [4.78, 5) is 4.39. The minimum Gasteiger partial charge on any atom is -0.373 e. The predicted octanol–water partition coefficient (Wildman–Crippen LogP) is 3.83. The molecule has 0 saturated carbocycles. The van der Waals surface area contributed by atoms with Gasteiger partial charge in [-0.3, -0.25) is 0 Å². The Morgan fingerprint density at radius 1 is 1.06 bits per heavy atom. The third kappa shape index (κ3) is 2.68. The average molecular weight is 248 g/mol. The van der Waals surface area contributed by atoms with Crippen LogP contribution in [-0.2, 0) is 0 Å². The van der Waals surface area contributed by atoms with Crippen molar-refractivity contribution >= 4 is 28.9 Å². The fourth-order valence-corrected chi connectivity index (χ4v) is 1.83. The first-order chi connectivity index (χ1) is 8.20. The summed E-state index contributed by atoms with van der Waals surface area (Å²) in [5.74, 6) is 1.59. The molecule has 4 heteroatoms. The lowest BCUT2D eigenvalue weighted by Gasteiger charge is -2.11. The van der Waals surface area contributed by atoms with Crippen molar-refractivity contribution in [3.05, 3.63) is 47.0 Å². The van der Waals surface area contributed by atoms with Gasteiger partial charge in [-0.1, -0.05) is 29.8 Å². The summed E-state index contributed by atoms with van der Waals surface area (Å²) in [6, 6.07) is 11.6. The molecule has 3 nitrogen and oxygen atoms in total. The summed E-state index contributed by atoms with van der Waals surface area (Å²) < 4.78 is 0. The van der Waals surface area contributed by atoms with Gasteiger partial charge >= 0.3 is 0 Å². The highest BCUT2D eigenvalue weighted by Crippen LogP contribution is 2.28. The molecule has 0 saturated heterocycles. The lowest BCUT2D eigenvalue weighted by Crippen LogP contribution is -1.99. The van der Waals surface area contributed by atoms with Crippen molar-refractivity contribution in [2.75, 3.05) is 17.7 Å². The fourth-order valence-electron chi connectivity index (χ4n) is 1.56. The first-order valence-electron chi connectivity index (χ1n) is 5.37. The van der Waals surface area contributed by atoms with Gasteiger partial charge in [-0.05, 0) is 30.7 Å². The number of nitrogens with zero attached hydrogens (tertiary/aromatic N) is 1. The van der Waals surface area contributed by atoms with E-state index in [1.165, 1.54) is 0 Å². The van der Waals surface area contributed by atoms with E-state index >= 15 is 0 Å². The minimum atomic E-state index is 0.696. The Kier molecular flexibility index (Phi) is 3.49. The average Bonchev–Trinajstić information content (AvgIpc) is 2.34. The second kappa shape index (κ2) is 5.06. The number of nitrogens with one attached hydrogen (secondary N) is 2. The van der Waals surface area contributed by atoms with Crippen molar-refractivity contribution in [1.29, 1.82) is 0 Å². The second-order valence-corrected chi connectivity index (χ2v) is 4.12. The molecule has 2 rings (SSSR count). The van der Waals surface area contributed by atoms with E-state index in [9.17, 15) is 0 Å². The van der Waals surface area contributed by atoms with Crippen molar-refractivity contribution in [3.8, 4) is 0 Å². The van der Waals surface area contributed by atoms with Gasteiger partial charge < -0.3 is 10.6 Å². The first kappa shape index (κ1) is 11.7. The van der Waals surface area contributed by atoms with Crippen molar-refractivity contribution in [2.24, 2.45) is 0 Å². The smallest absolute Gasteiger partial charge is 0.132 e. The Morgan fingerprint density at radius 3 is 2.47 bits per heavy atom. The van der Waals surface area contributed by atoms with E-state index in [4.69, 9.17) is 11.6 Å². The van der Waals surface area contributed by atoms with Gasteiger partial charge in [-0.15, -0.1) is 0 Å². The molecule has 2 N–H and O–H groups in total. The standard InChI is InChI=1S/C13H14ClN3/c1-9-5-3-6-10(14)13(9)17-12-8-4-7-11(15-2)16-12/h3-8H,1-2H3,(H2,15,16,17). The molecule has 1 aromatic heterocycles. The Balaban J connectivity index is 2.31. The van der Waals surface area contributed by atoms with E-state index in [1.807, 2.05) is 50.4 Å². The van der Waals surface area contributed by atoms with Gasteiger partial charge in [0.25, 0.3) is 0 Å². The van der Waals surface area contributed by atoms with Gasteiger partial charge in [0.05, 0.1) is 10.7 Å². The van der Waals surface area contributed by atoms with Gasteiger partial charge in [-0.2, -0.15) is 0 Å². The summed E-state index contributed by atoms with van der Waals surface area (Å²) in [5.41, 5.74) is 1.99. The van der Waals surface area contributed by atoms with Gasteiger partial charge in [0.15, 0.2) is 0 Å². The number of rotatable bonds is 3. The van der Waals surface area contributed by atoms with E-state index in [0.717, 1.165) is 22.9 Å². The van der Waals surface area contributed by atoms with Crippen LogP contribution < -0.4 is 10.6 Å². The number of pyridine rings is 1. The summed E-state index contributed by atoms with van der Waals surface area (Å²) in [5, 5.41) is 6.93. The van der Waals surface area contributed by atoms with E-state index in [1.54, 1.807) is 0 Å². The number of hydrogen-bond donors (Lipinski definition) is 2. The number of para-hydroxylation sites is 1. The highest BCUT2D eigenvalue weighted by atomic mass is 35.5. The van der Waals surface area contributed by atoms with Crippen LogP contribution in [0.4, 0.5) is 17.3 Å². The zero-order chi connectivity index (χ0) is 12.3. The third-order valence-electron chi connectivity index (χ3n) is 2.48. The van der Waals surface area contributed by atoms with E-state index in [0.29, 0.717) is 5.02 Å². The van der Waals surface area contributed by atoms with Crippen molar-refractivity contribution in [1.82, 2.24) is 4.98 Å². The zero-order valence-electron chi connectivity index (χ0n) is 9.79. The lowest BCUT2D eigenvalue weighted by atomic mass is 10.2.